The van der Waals surface area contributed by atoms with Gasteiger partial charge in [-0.05, 0) is 37.5 Å². The van der Waals surface area contributed by atoms with E-state index in [9.17, 15) is 9.59 Å². The molecule has 0 saturated carbocycles. The molecular formula is C14H18N2O2S. The van der Waals surface area contributed by atoms with E-state index < -0.39 is 0 Å². The van der Waals surface area contributed by atoms with E-state index in [1.54, 1.807) is 11.0 Å². The van der Waals surface area contributed by atoms with Crippen LogP contribution in [0, 0.1) is 6.92 Å². The Kier molecular flexibility index (Phi) is 4.47. The Bertz CT molecular complexity index is 496. The summed E-state index contributed by atoms with van der Waals surface area (Å²) in [6, 6.07) is 5.40. The first-order valence-corrected chi connectivity index (χ1v) is 6.88. The number of benzene rings is 1. The molecule has 102 valence electrons. The van der Waals surface area contributed by atoms with Gasteiger partial charge in [-0.15, -0.1) is 12.6 Å². The van der Waals surface area contributed by atoms with Crippen LogP contribution in [0.3, 0.4) is 0 Å². The van der Waals surface area contributed by atoms with Crippen molar-refractivity contribution in [2.24, 2.45) is 0 Å². The van der Waals surface area contributed by atoms with Gasteiger partial charge in [-0.25, -0.2) is 0 Å². The molecular weight excluding hydrogens is 260 g/mol. The Morgan fingerprint density at radius 3 is 2.68 bits per heavy atom. The van der Waals surface area contributed by atoms with E-state index in [2.05, 4.69) is 17.9 Å². The topological polar surface area (TPSA) is 49.4 Å². The molecule has 0 spiro atoms. The molecule has 19 heavy (non-hydrogen) atoms. The van der Waals surface area contributed by atoms with E-state index in [0.717, 1.165) is 36.4 Å². The summed E-state index contributed by atoms with van der Waals surface area (Å²) >= 11 is 4.22. The van der Waals surface area contributed by atoms with Gasteiger partial charge in [0.25, 0.3) is 5.91 Å². The number of hydrogen-bond acceptors (Lipinski definition) is 3. The molecule has 5 heteroatoms. The molecule has 0 radical (unpaired) electrons. The van der Waals surface area contributed by atoms with Crippen LogP contribution in [0.1, 0.15) is 28.8 Å². The molecule has 4 nitrogen and oxygen atoms in total. The van der Waals surface area contributed by atoms with Crippen LogP contribution in [0.25, 0.3) is 0 Å². The minimum absolute atomic E-state index is 0.00877. The largest absolute Gasteiger partial charge is 0.343 e. The van der Waals surface area contributed by atoms with Crippen LogP contribution in [0.5, 0.6) is 0 Å². The molecule has 1 aliphatic rings. The van der Waals surface area contributed by atoms with Crippen LogP contribution in [-0.4, -0.2) is 36.3 Å². The van der Waals surface area contributed by atoms with Gasteiger partial charge in [-0.3, -0.25) is 9.59 Å². The van der Waals surface area contributed by atoms with Crippen LogP contribution in [0.2, 0.25) is 0 Å². The Labute approximate surface area is 118 Å². The number of thiol groups is 1. The molecule has 2 amide bonds. The van der Waals surface area contributed by atoms with Crippen LogP contribution in [-0.2, 0) is 4.79 Å². The summed E-state index contributed by atoms with van der Waals surface area (Å²) in [5.41, 5.74) is 1.45. The summed E-state index contributed by atoms with van der Waals surface area (Å²) < 4.78 is 0. The van der Waals surface area contributed by atoms with E-state index >= 15 is 0 Å². The average Bonchev–Trinajstić information content (AvgIpc) is 2.92. The van der Waals surface area contributed by atoms with Crippen molar-refractivity contribution in [3.63, 3.8) is 0 Å². The second-order valence-corrected chi connectivity index (χ2v) is 5.29. The first-order chi connectivity index (χ1) is 9.08. The van der Waals surface area contributed by atoms with Crippen molar-refractivity contribution in [1.29, 1.82) is 0 Å². The van der Waals surface area contributed by atoms with Crippen LogP contribution >= 0.6 is 12.6 Å². The van der Waals surface area contributed by atoms with Crippen LogP contribution in [0.4, 0.5) is 0 Å². The summed E-state index contributed by atoms with van der Waals surface area (Å²) in [5, 5.41) is 2.68. The molecule has 1 aromatic carbocycles. The van der Waals surface area contributed by atoms with Crippen LogP contribution in [0.15, 0.2) is 23.1 Å². The van der Waals surface area contributed by atoms with Crippen molar-refractivity contribution in [1.82, 2.24) is 10.2 Å². The summed E-state index contributed by atoms with van der Waals surface area (Å²) in [5.74, 6) is -0.230. The van der Waals surface area contributed by atoms with Crippen molar-refractivity contribution in [3.05, 3.63) is 29.3 Å². The number of amides is 2. The fraction of sp³-hybridized carbons (Fsp3) is 0.429. The predicted molar refractivity (Wildman–Crippen MR) is 76.6 cm³/mol. The van der Waals surface area contributed by atoms with Gasteiger partial charge in [0.1, 0.15) is 0 Å². The predicted octanol–water partition coefficient (Wildman–Crippen LogP) is 1.64. The van der Waals surface area contributed by atoms with Crippen molar-refractivity contribution in [2.45, 2.75) is 24.7 Å². The van der Waals surface area contributed by atoms with Gasteiger partial charge in [0.05, 0.1) is 6.54 Å². The molecule has 0 aromatic heterocycles. The zero-order chi connectivity index (χ0) is 13.8. The lowest BCUT2D eigenvalue weighted by Gasteiger charge is -2.15. The van der Waals surface area contributed by atoms with Gasteiger partial charge in [-0.1, -0.05) is 6.07 Å². The summed E-state index contributed by atoms with van der Waals surface area (Å²) in [6.45, 7) is 3.54. The van der Waals surface area contributed by atoms with E-state index in [1.165, 1.54) is 0 Å². The molecule has 1 aliphatic heterocycles. The minimum atomic E-state index is -0.221. The third-order valence-electron chi connectivity index (χ3n) is 3.32. The van der Waals surface area contributed by atoms with E-state index in [0.29, 0.717) is 5.56 Å². The van der Waals surface area contributed by atoms with E-state index in [-0.39, 0.29) is 18.4 Å². The number of rotatable bonds is 3. The second kappa shape index (κ2) is 6.10. The van der Waals surface area contributed by atoms with Crippen molar-refractivity contribution >= 4 is 24.4 Å². The number of likely N-dealkylation sites (tertiary alicyclic amines) is 1. The van der Waals surface area contributed by atoms with Gasteiger partial charge in [0.2, 0.25) is 5.91 Å². The molecule has 1 heterocycles. The highest BCUT2D eigenvalue weighted by Gasteiger charge is 2.18. The lowest BCUT2D eigenvalue weighted by Crippen LogP contribution is -2.38. The van der Waals surface area contributed by atoms with Gasteiger partial charge in [0.15, 0.2) is 0 Å². The van der Waals surface area contributed by atoms with Gasteiger partial charge >= 0.3 is 0 Å². The van der Waals surface area contributed by atoms with Gasteiger partial charge in [-0.2, -0.15) is 0 Å². The number of carbonyl (C=O) groups excluding carboxylic acids is 2. The van der Waals surface area contributed by atoms with Crippen molar-refractivity contribution < 1.29 is 9.59 Å². The number of carbonyl (C=O) groups is 2. The first-order valence-electron chi connectivity index (χ1n) is 6.43. The van der Waals surface area contributed by atoms with Gasteiger partial charge in [0, 0.05) is 23.5 Å². The number of aryl methyl sites for hydroxylation is 1. The Balaban J connectivity index is 1.93. The normalized spacial score (nSPS) is 14.5. The third-order valence-corrected chi connectivity index (χ3v) is 3.60. The molecule has 0 bridgehead atoms. The Morgan fingerprint density at radius 1 is 1.32 bits per heavy atom. The van der Waals surface area contributed by atoms with Crippen molar-refractivity contribution in [3.8, 4) is 0 Å². The highest BCUT2D eigenvalue weighted by Crippen LogP contribution is 2.14. The van der Waals surface area contributed by atoms with E-state index in [4.69, 9.17) is 0 Å². The monoisotopic (exact) mass is 278 g/mol. The first kappa shape index (κ1) is 13.9. The zero-order valence-electron chi connectivity index (χ0n) is 11.0. The fourth-order valence-electron chi connectivity index (χ4n) is 2.18. The number of nitrogens with zero attached hydrogens (tertiary/aromatic N) is 1. The quantitative estimate of drug-likeness (QED) is 0.826. The fourth-order valence-corrected chi connectivity index (χ4v) is 2.39. The highest BCUT2D eigenvalue weighted by molar-refractivity contribution is 7.80. The lowest BCUT2D eigenvalue weighted by atomic mass is 10.1. The molecule has 2 rings (SSSR count). The standard InChI is InChI=1S/C14H18N2O2S/c1-10-4-5-11(19)8-12(10)14(18)15-9-13(17)16-6-2-3-7-16/h4-5,8,19H,2-3,6-7,9H2,1H3,(H,15,18). The summed E-state index contributed by atoms with van der Waals surface area (Å²) in [6.07, 6.45) is 2.11. The summed E-state index contributed by atoms with van der Waals surface area (Å²) in [7, 11) is 0. The SMILES string of the molecule is Cc1ccc(S)cc1C(=O)NCC(=O)N1CCCC1. The second-order valence-electron chi connectivity index (χ2n) is 4.77. The number of hydrogen-bond donors (Lipinski definition) is 2. The Morgan fingerprint density at radius 2 is 2.00 bits per heavy atom. The van der Waals surface area contributed by atoms with E-state index in [1.807, 2.05) is 19.1 Å². The van der Waals surface area contributed by atoms with Crippen molar-refractivity contribution in [2.75, 3.05) is 19.6 Å². The molecule has 1 saturated heterocycles. The molecule has 0 aliphatic carbocycles. The van der Waals surface area contributed by atoms with Gasteiger partial charge < -0.3 is 10.2 Å². The smallest absolute Gasteiger partial charge is 0.252 e. The molecule has 1 aromatic rings. The zero-order valence-corrected chi connectivity index (χ0v) is 11.9. The minimum Gasteiger partial charge on any atom is -0.343 e. The number of nitrogens with one attached hydrogen (secondary N) is 1. The highest BCUT2D eigenvalue weighted by atomic mass is 32.1. The lowest BCUT2D eigenvalue weighted by molar-refractivity contribution is -0.129. The Hall–Kier alpha value is -1.49. The third kappa shape index (κ3) is 3.50. The maximum absolute atomic E-state index is 12.0. The summed E-state index contributed by atoms with van der Waals surface area (Å²) in [4.78, 5) is 26.4. The average molecular weight is 278 g/mol. The molecule has 1 fully saturated rings. The maximum atomic E-state index is 12.0. The molecule has 0 unspecified atom stereocenters. The maximum Gasteiger partial charge on any atom is 0.252 e. The molecule has 1 N–H and O–H groups in total. The van der Waals surface area contributed by atoms with Crippen LogP contribution < -0.4 is 5.32 Å². The molecule has 0 atom stereocenters.